The third kappa shape index (κ3) is 6.37. The lowest BCUT2D eigenvalue weighted by Gasteiger charge is -2.28. The Balaban J connectivity index is 0.000000956. The molecule has 20 heavy (non-hydrogen) atoms. The Morgan fingerprint density at radius 3 is 2.40 bits per heavy atom. The van der Waals surface area contributed by atoms with Gasteiger partial charge >= 0.3 is 0 Å². The van der Waals surface area contributed by atoms with Gasteiger partial charge in [0.25, 0.3) is 0 Å². The topological polar surface area (TPSA) is 41.9 Å². The van der Waals surface area contributed by atoms with Gasteiger partial charge in [-0.2, -0.15) is 0 Å². The maximum Gasteiger partial charge on any atom is 0.119 e. The van der Waals surface area contributed by atoms with E-state index in [0.29, 0.717) is 13.2 Å². The monoisotopic (exact) mass is 281 g/mol. The summed E-state index contributed by atoms with van der Waals surface area (Å²) in [6.07, 6.45) is -0.454. The summed E-state index contributed by atoms with van der Waals surface area (Å²) in [5.41, 5.74) is 1.20. The molecule has 1 aliphatic rings. The van der Waals surface area contributed by atoms with Gasteiger partial charge in [0.2, 0.25) is 0 Å². The van der Waals surface area contributed by atoms with E-state index in [0.717, 1.165) is 32.1 Å². The zero-order chi connectivity index (χ0) is 14.8. The molecule has 1 fully saturated rings. The van der Waals surface area contributed by atoms with E-state index in [-0.39, 0.29) is 0 Å². The number of benzene rings is 1. The third-order valence-electron chi connectivity index (χ3n) is 3.04. The second-order valence-electron chi connectivity index (χ2n) is 4.69. The van der Waals surface area contributed by atoms with Crippen LogP contribution in [0.4, 0.5) is 0 Å². The fourth-order valence-electron chi connectivity index (χ4n) is 1.96. The number of morpholine rings is 1. The number of aliphatic hydroxyl groups excluding tert-OH is 1. The first-order valence-corrected chi connectivity index (χ1v) is 7.41. The molecule has 1 saturated heterocycles. The second kappa shape index (κ2) is 9.75. The van der Waals surface area contributed by atoms with Gasteiger partial charge in [0.05, 0.1) is 13.2 Å². The molecule has 1 aliphatic heterocycles. The number of aliphatic hydroxyl groups is 1. The molecule has 4 heteroatoms. The van der Waals surface area contributed by atoms with Crippen LogP contribution in [0.25, 0.3) is 0 Å². The van der Waals surface area contributed by atoms with Crippen LogP contribution in [0.1, 0.15) is 19.4 Å². The molecule has 0 saturated carbocycles. The third-order valence-corrected chi connectivity index (χ3v) is 3.04. The molecule has 0 bridgehead atoms. The molecule has 2 rings (SSSR count). The quantitative estimate of drug-likeness (QED) is 0.897. The normalized spacial score (nSPS) is 17.0. The summed E-state index contributed by atoms with van der Waals surface area (Å²) in [6, 6.07) is 7.86. The lowest BCUT2D eigenvalue weighted by atomic mass is 10.2. The Kier molecular flexibility index (Phi) is 8.26. The molecule has 1 N–H and O–H groups in total. The van der Waals surface area contributed by atoms with Gasteiger partial charge in [-0.15, -0.1) is 0 Å². The molecule has 1 aromatic carbocycles. The zero-order valence-electron chi connectivity index (χ0n) is 12.8. The van der Waals surface area contributed by atoms with E-state index in [1.54, 1.807) is 0 Å². The highest BCUT2D eigenvalue weighted by molar-refractivity contribution is 5.26. The Bertz CT molecular complexity index is 347. The van der Waals surface area contributed by atoms with Crippen molar-refractivity contribution in [1.29, 1.82) is 0 Å². The van der Waals surface area contributed by atoms with E-state index in [9.17, 15) is 5.11 Å². The van der Waals surface area contributed by atoms with Crippen molar-refractivity contribution in [3.63, 3.8) is 0 Å². The average molecular weight is 281 g/mol. The summed E-state index contributed by atoms with van der Waals surface area (Å²) in [7, 11) is 0. The van der Waals surface area contributed by atoms with Gasteiger partial charge in [-0.3, -0.25) is 4.90 Å². The van der Waals surface area contributed by atoms with Crippen LogP contribution in [-0.4, -0.2) is 55.6 Å². The molecule has 1 unspecified atom stereocenters. The van der Waals surface area contributed by atoms with Crippen LogP contribution in [-0.2, 0) is 4.74 Å². The number of aryl methyl sites for hydroxylation is 1. The predicted molar refractivity (Wildman–Crippen MR) is 81.3 cm³/mol. The highest BCUT2D eigenvalue weighted by Crippen LogP contribution is 2.11. The fraction of sp³-hybridized carbons (Fsp3) is 0.625. The summed E-state index contributed by atoms with van der Waals surface area (Å²) in [6.45, 7) is 10.3. The summed E-state index contributed by atoms with van der Waals surface area (Å²) >= 11 is 0. The van der Waals surface area contributed by atoms with Crippen molar-refractivity contribution in [1.82, 2.24) is 4.90 Å². The van der Waals surface area contributed by atoms with Crippen molar-refractivity contribution in [2.75, 3.05) is 39.5 Å². The number of hydrogen-bond acceptors (Lipinski definition) is 4. The summed E-state index contributed by atoms with van der Waals surface area (Å²) < 4.78 is 10.8. The van der Waals surface area contributed by atoms with E-state index in [1.807, 2.05) is 45.0 Å². The largest absolute Gasteiger partial charge is 0.491 e. The molecule has 1 atom stereocenters. The van der Waals surface area contributed by atoms with Gasteiger partial charge < -0.3 is 14.6 Å². The number of rotatable bonds is 5. The van der Waals surface area contributed by atoms with Crippen LogP contribution < -0.4 is 4.74 Å². The minimum absolute atomic E-state index is 0.334. The SMILES string of the molecule is CC.Cc1ccc(OCC(O)CN2CCOCC2)cc1. The minimum atomic E-state index is -0.454. The molecule has 0 aromatic heterocycles. The first-order chi connectivity index (χ1) is 9.74. The van der Waals surface area contributed by atoms with Gasteiger partial charge in [-0.05, 0) is 19.1 Å². The van der Waals surface area contributed by atoms with Crippen molar-refractivity contribution < 1.29 is 14.6 Å². The average Bonchev–Trinajstić information content (AvgIpc) is 2.50. The Labute approximate surface area is 122 Å². The smallest absolute Gasteiger partial charge is 0.119 e. The number of ether oxygens (including phenoxy) is 2. The Hall–Kier alpha value is -1.10. The van der Waals surface area contributed by atoms with Crippen molar-refractivity contribution in [2.45, 2.75) is 26.9 Å². The van der Waals surface area contributed by atoms with Gasteiger partial charge in [-0.1, -0.05) is 31.5 Å². The maximum atomic E-state index is 9.91. The van der Waals surface area contributed by atoms with E-state index in [2.05, 4.69) is 4.90 Å². The molecular weight excluding hydrogens is 254 g/mol. The number of hydrogen-bond donors (Lipinski definition) is 1. The summed E-state index contributed by atoms with van der Waals surface area (Å²) in [4.78, 5) is 2.20. The number of β-amino-alcohol motifs (C(OH)–C–C–N with tert-alkyl or cyclic N) is 1. The van der Waals surface area contributed by atoms with Crippen LogP contribution in [0.3, 0.4) is 0 Å². The van der Waals surface area contributed by atoms with Crippen LogP contribution in [0.5, 0.6) is 5.75 Å². The van der Waals surface area contributed by atoms with Crippen molar-refractivity contribution in [2.24, 2.45) is 0 Å². The Morgan fingerprint density at radius 1 is 1.20 bits per heavy atom. The minimum Gasteiger partial charge on any atom is -0.491 e. The fourth-order valence-corrected chi connectivity index (χ4v) is 1.96. The molecule has 0 radical (unpaired) electrons. The van der Waals surface area contributed by atoms with Crippen molar-refractivity contribution in [3.8, 4) is 5.75 Å². The Morgan fingerprint density at radius 2 is 1.80 bits per heavy atom. The molecule has 1 aromatic rings. The summed E-state index contributed by atoms with van der Waals surface area (Å²) in [5, 5.41) is 9.91. The van der Waals surface area contributed by atoms with Gasteiger partial charge in [0.1, 0.15) is 18.5 Å². The lowest BCUT2D eigenvalue weighted by Crippen LogP contribution is -2.42. The predicted octanol–water partition coefficient (Wildman–Crippen LogP) is 2.09. The van der Waals surface area contributed by atoms with E-state index >= 15 is 0 Å². The molecule has 4 nitrogen and oxygen atoms in total. The van der Waals surface area contributed by atoms with Crippen LogP contribution in [0.15, 0.2) is 24.3 Å². The summed E-state index contributed by atoms with van der Waals surface area (Å²) in [5.74, 6) is 0.807. The highest BCUT2D eigenvalue weighted by atomic mass is 16.5. The molecule has 1 heterocycles. The maximum absolute atomic E-state index is 9.91. The van der Waals surface area contributed by atoms with Gasteiger partial charge in [0.15, 0.2) is 0 Å². The molecular formula is C16H27NO3. The van der Waals surface area contributed by atoms with E-state index < -0.39 is 6.10 Å². The van der Waals surface area contributed by atoms with Gasteiger partial charge in [0, 0.05) is 19.6 Å². The zero-order valence-corrected chi connectivity index (χ0v) is 12.8. The first kappa shape index (κ1) is 17.0. The van der Waals surface area contributed by atoms with E-state index in [1.165, 1.54) is 5.56 Å². The second-order valence-corrected chi connectivity index (χ2v) is 4.69. The molecule has 0 amide bonds. The first-order valence-electron chi connectivity index (χ1n) is 7.41. The standard InChI is InChI=1S/C14H21NO3.C2H6/c1-12-2-4-14(5-3-12)18-11-13(16)10-15-6-8-17-9-7-15;1-2/h2-5,13,16H,6-11H2,1H3;1-2H3. The van der Waals surface area contributed by atoms with Crippen LogP contribution in [0.2, 0.25) is 0 Å². The van der Waals surface area contributed by atoms with Crippen LogP contribution in [0, 0.1) is 6.92 Å². The van der Waals surface area contributed by atoms with Gasteiger partial charge in [-0.25, -0.2) is 0 Å². The van der Waals surface area contributed by atoms with Crippen molar-refractivity contribution in [3.05, 3.63) is 29.8 Å². The molecule has 0 spiro atoms. The number of nitrogens with zero attached hydrogens (tertiary/aromatic N) is 1. The van der Waals surface area contributed by atoms with E-state index in [4.69, 9.17) is 9.47 Å². The molecule has 0 aliphatic carbocycles. The molecule has 114 valence electrons. The highest BCUT2D eigenvalue weighted by Gasteiger charge is 2.15. The van der Waals surface area contributed by atoms with Crippen molar-refractivity contribution >= 4 is 0 Å². The van der Waals surface area contributed by atoms with Crippen LogP contribution >= 0.6 is 0 Å². The lowest BCUT2D eigenvalue weighted by molar-refractivity contribution is 0.00465.